The van der Waals surface area contributed by atoms with Gasteiger partial charge in [-0.05, 0) is 18.3 Å². The van der Waals surface area contributed by atoms with Crippen molar-refractivity contribution in [3.05, 3.63) is 0 Å². The van der Waals surface area contributed by atoms with Gasteiger partial charge in [0.05, 0.1) is 0 Å². The number of rotatable bonds is 13. The minimum absolute atomic E-state index is 0.737. The average molecular weight is 275 g/mol. The van der Waals surface area contributed by atoms with Crippen LogP contribution >= 0.6 is 11.6 Å². The van der Waals surface area contributed by atoms with Crippen LogP contribution in [-0.4, -0.2) is 5.88 Å². The summed E-state index contributed by atoms with van der Waals surface area (Å²) < 4.78 is 0. The van der Waals surface area contributed by atoms with E-state index in [1.807, 2.05) is 0 Å². The van der Waals surface area contributed by atoms with Crippen LogP contribution in [0.15, 0.2) is 0 Å². The van der Waals surface area contributed by atoms with E-state index in [1.165, 1.54) is 70.6 Å². The Morgan fingerprint density at radius 1 is 0.722 bits per heavy atom. The van der Waals surface area contributed by atoms with Gasteiger partial charge in [0, 0.05) is 5.88 Å². The predicted octanol–water partition coefficient (Wildman–Crippen LogP) is 6.81. The van der Waals surface area contributed by atoms with Crippen LogP contribution in [-0.2, 0) is 0 Å². The maximum Gasteiger partial charge on any atom is 0.0254 e. The van der Waals surface area contributed by atoms with Gasteiger partial charge < -0.3 is 0 Å². The van der Waals surface area contributed by atoms with Crippen LogP contribution < -0.4 is 0 Å². The first-order valence-corrected chi connectivity index (χ1v) is 8.81. The molecule has 0 radical (unpaired) electrons. The van der Waals surface area contributed by atoms with Gasteiger partial charge in [-0.1, -0.05) is 85.0 Å². The third kappa shape index (κ3) is 11.4. The lowest BCUT2D eigenvalue weighted by atomic mass is 9.92. The summed E-state index contributed by atoms with van der Waals surface area (Å²) in [5.74, 6) is 2.33. The van der Waals surface area contributed by atoms with Crippen molar-refractivity contribution in [1.29, 1.82) is 0 Å². The van der Waals surface area contributed by atoms with Crippen LogP contribution in [0.4, 0.5) is 0 Å². The Kier molecular flexibility index (Phi) is 13.9. The third-order valence-electron chi connectivity index (χ3n) is 4.07. The first-order chi connectivity index (χ1) is 8.72. The van der Waals surface area contributed by atoms with E-state index in [0.717, 1.165) is 17.7 Å². The fourth-order valence-corrected chi connectivity index (χ4v) is 2.99. The maximum atomic E-state index is 5.99. The van der Waals surface area contributed by atoms with Crippen LogP contribution in [0, 0.1) is 11.8 Å². The molecular weight excluding hydrogens is 240 g/mol. The molecule has 1 heteroatoms. The van der Waals surface area contributed by atoms with Crippen LogP contribution in [0.5, 0.6) is 0 Å². The van der Waals surface area contributed by atoms with Gasteiger partial charge in [0.25, 0.3) is 0 Å². The Balaban J connectivity index is 3.15. The van der Waals surface area contributed by atoms with Crippen molar-refractivity contribution in [2.24, 2.45) is 11.8 Å². The summed E-state index contributed by atoms with van der Waals surface area (Å²) in [6, 6.07) is 0. The van der Waals surface area contributed by atoms with Crippen LogP contribution in [0.3, 0.4) is 0 Å². The quantitative estimate of drug-likeness (QED) is 0.256. The lowest BCUT2D eigenvalue weighted by molar-refractivity contribution is 0.378. The molecule has 0 fully saturated rings. The van der Waals surface area contributed by atoms with E-state index in [1.54, 1.807) is 0 Å². The monoisotopic (exact) mass is 274 g/mol. The summed E-state index contributed by atoms with van der Waals surface area (Å²) in [7, 11) is 0. The Hall–Kier alpha value is 0.290. The summed E-state index contributed by atoms with van der Waals surface area (Å²) in [5, 5.41) is 0. The van der Waals surface area contributed by atoms with Gasteiger partial charge in [0.2, 0.25) is 0 Å². The Morgan fingerprint density at radius 3 is 1.56 bits per heavy atom. The summed E-state index contributed by atoms with van der Waals surface area (Å²) >= 11 is 5.99. The number of unbranched alkanes of at least 4 members (excludes halogenated alkanes) is 9. The summed E-state index contributed by atoms with van der Waals surface area (Å²) in [6.07, 6.45) is 15.6. The number of hydrogen-bond acceptors (Lipinski definition) is 0. The van der Waals surface area contributed by atoms with Crippen molar-refractivity contribution < 1.29 is 0 Å². The van der Waals surface area contributed by atoms with E-state index < -0.39 is 0 Å². The second-order valence-electron chi connectivity index (χ2n) is 6.13. The van der Waals surface area contributed by atoms with Gasteiger partial charge in [0.1, 0.15) is 0 Å². The van der Waals surface area contributed by atoms with Crippen molar-refractivity contribution in [3.63, 3.8) is 0 Å². The molecule has 0 saturated carbocycles. The van der Waals surface area contributed by atoms with Gasteiger partial charge in [0.15, 0.2) is 0 Å². The molecule has 1 unspecified atom stereocenters. The van der Waals surface area contributed by atoms with Gasteiger partial charge in [-0.2, -0.15) is 0 Å². The number of halogens is 1. The molecule has 0 spiro atoms. The third-order valence-corrected chi connectivity index (χ3v) is 4.47. The zero-order valence-electron chi connectivity index (χ0n) is 13.0. The molecule has 0 aliphatic carbocycles. The van der Waals surface area contributed by atoms with Crippen LogP contribution in [0.25, 0.3) is 0 Å². The normalized spacial score (nSPS) is 13.2. The molecule has 0 saturated heterocycles. The Morgan fingerprint density at radius 2 is 1.17 bits per heavy atom. The first-order valence-electron chi connectivity index (χ1n) is 8.28. The molecule has 0 heterocycles. The summed E-state index contributed by atoms with van der Waals surface area (Å²) in [4.78, 5) is 0. The fourth-order valence-electron chi connectivity index (χ4n) is 2.48. The van der Waals surface area contributed by atoms with Crippen molar-refractivity contribution >= 4 is 11.6 Å². The summed E-state index contributed by atoms with van der Waals surface area (Å²) in [6.45, 7) is 6.87. The lowest BCUT2D eigenvalue weighted by Crippen LogP contribution is -2.10. The highest BCUT2D eigenvalue weighted by Gasteiger charge is 2.10. The first kappa shape index (κ1) is 18.3. The molecule has 110 valence electrons. The van der Waals surface area contributed by atoms with E-state index in [9.17, 15) is 0 Å². The van der Waals surface area contributed by atoms with E-state index in [4.69, 9.17) is 11.6 Å². The second-order valence-corrected chi connectivity index (χ2v) is 6.44. The SMILES string of the molecule is CCCCCCCCCCCCC(CCl)C(C)C. The highest BCUT2D eigenvalue weighted by molar-refractivity contribution is 6.18. The molecule has 18 heavy (non-hydrogen) atoms. The van der Waals surface area contributed by atoms with Crippen molar-refractivity contribution in [2.45, 2.75) is 91.4 Å². The van der Waals surface area contributed by atoms with Gasteiger partial charge in [-0.3, -0.25) is 0 Å². The predicted molar refractivity (Wildman–Crippen MR) is 85.5 cm³/mol. The molecule has 0 nitrogen and oxygen atoms in total. The Labute approximate surface area is 121 Å². The van der Waals surface area contributed by atoms with Crippen LogP contribution in [0.2, 0.25) is 0 Å². The molecule has 0 amide bonds. The van der Waals surface area contributed by atoms with E-state index >= 15 is 0 Å². The fraction of sp³-hybridized carbons (Fsp3) is 1.00. The second kappa shape index (κ2) is 13.7. The van der Waals surface area contributed by atoms with E-state index in [0.29, 0.717) is 0 Å². The highest BCUT2D eigenvalue weighted by Crippen LogP contribution is 2.20. The zero-order chi connectivity index (χ0) is 13.6. The topological polar surface area (TPSA) is 0 Å². The number of hydrogen-bond donors (Lipinski definition) is 0. The molecular formula is C17H35Cl. The van der Waals surface area contributed by atoms with Gasteiger partial charge >= 0.3 is 0 Å². The summed E-state index contributed by atoms with van der Waals surface area (Å²) in [5.41, 5.74) is 0. The Bertz CT molecular complexity index is 154. The lowest BCUT2D eigenvalue weighted by Gasteiger charge is -2.17. The average Bonchev–Trinajstić information content (AvgIpc) is 2.35. The van der Waals surface area contributed by atoms with E-state index in [-0.39, 0.29) is 0 Å². The maximum absolute atomic E-state index is 5.99. The standard InChI is InChI=1S/C17H35Cl/c1-4-5-6-7-8-9-10-11-12-13-14-17(15-18)16(2)3/h16-17H,4-15H2,1-3H3. The molecule has 0 aromatic rings. The van der Waals surface area contributed by atoms with Crippen molar-refractivity contribution in [2.75, 3.05) is 5.88 Å². The minimum atomic E-state index is 0.737. The van der Waals surface area contributed by atoms with E-state index in [2.05, 4.69) is 20.8 Å². The molecule has 0 aromatic carbocycles. The highest BCUT2D eigenvalue weighted by atomic mass is 35.5. The largest absolute Gasteiger partial charge is 0.126 e. The molecule has 1 atom stereocenters. The minimum Gasteiger partial charge on any atom is -0.126 e. The molecule has 0 aliphatic rings. The van der Waals surface area contributed by atoms with Gasteiger partial charge in [-0.15, -0.1) is 11.6 Å². The molecule has 0 aromatic heterocycles. The molecule has 0 N–H and O–H groups in total. The van der Waals surface area contributed by atoms with Crippen LogP contribution in [0.1, 0.15) is 91.4 Å². The molecule has 0 aliphatic heterocycles. The molecule has 0 bridgehead atoms. The van der Waals surface area contributed by atoms with Crippen molar-refractivity contribution in [1.82, 2.24) is 0 Å². The van der Waals surface area contributed by atoms with Crippen molar-refractivity contribution in [3.8, 4) is 0 Å². The van der Waals surface area contributed by atoms with Gasteiger partial charge in [-0.25, -0.2) is 0 Å². The number of alkyl halides is 1. The smallest absolute Gasteiger partial charge is 0.0254 e. The molecule has 0 rings (SSSR count). The zero-order valence-corrected chi connectivity index (χ0v) is 13.8.